The summed E-state index contributed by atoms with van der Waals surface area (Å²) < 4.78 is 6.42. The highest BCUT2D eigenvalue weighted by atomic mass is 127. The van der Waals surface area contributed by atoms with Crippen molar-refractivity contribution in [2.75, 3.05) is 0 Å². The van der Waals surface area contributed by atoms with Crippen molar-refractivity contribution in [2.24, 2.45) is 4.99 Å². The molecule has 2 aromatic carbocycles. The molecule has 0 saturated carbocycles. The molecule has 0 amide bonds. The van der Waals surface area contributed by atoms with Crippen LogP contribution in [-0.4, -0.2) is 11.9 Å². The third-order valence-electron chi connectivity index (χ3n) is 3.17. The van der Waals surface area contributed by atoms with E-state index in [4.69, 9.17) is 4.74 Å². The summed E-state index contributed by atoms with van der Waals surface area (Å²) in [5.74, 6) is -0.0401. The van der Waals surface area contributed by atoms with Gasteiger partial charge in [-0.2, -0.15) is 0 Å². The van der Waals surface area contributed by atoms with Crippen molar-refractivity contribution >= 4 is 40.5 Å². The Morgan fingerprint density at radius 2 is 1.81 bits per heavy atom. The average Bonchev–Trinajstić information content (AvgIpc) is 2.83. The van der Waals surface area contributed by atoms with Crippen LogP contribution in [0.1, 0.15) is 16.7 Å². The Morgan fingerprint density at radius 1 is 1.10 bits per heavy atom. The van der Waals surface area contributed by atoms with Gasteiger partial charge in [0.2, 0.25) is 5.90 Å². The molecule has 0 atom stereocenters. The number of carbonyl (C=O) groups excluding carboxylic acids is 1. The maximum absolute atomic E-state index is 11.9. The lowest BCUT2D eigenvalue weighted by atomic mass is 10.1. The number of rotatable bonds is 2. The number of aliphatic imine (C=N–C) groups is 1. The van der Waals surface area contributed by atoms with Crippen LogP contribution in [0.15, 0.2) is 59.2 Å². The van der Waals surface area contributed by atoms with E-state index in [1.807, 2.05) is 55.5 Å². The van der Waals surface area contributed by atoms with Gasteiger partial charge in [-0.3, -0.25) is 0 Å². The van der Waals surface area contributed by atoms with Gasteiger partial charge in [0.25, 0.3) is 0 Å². The fraction of sp³-hybridized carbons (Fsp3) is 0.0588. The van der Waals surface area contributed by atoms with Crippen LogP contribution in [0.3, 0.4) is 0 Å². The molecule has 0 aromatic heterocycles. The van der Waals surface area contributed by atoms with Gasteiger partial charge < -0.3 is 4.74 Å². The number of halogens is 1. The zero-order valence-corrected chi connectivity index (χ0v) is 13.5. The van der Waals surface area contributed by atoms with Gasteiger partial charge in [-0.25, -0.2) is 9.79 Å². The van der Waals surface area contributed by atoms with Crippen LogP contribution in [0.5, 0.6) is 0 Å². The van der Waals surface area contributed by atoms with Crippen LogP contribution < -0.4 is 0 Å². The molecule has 2 aromatic rings. The van der Waals surface area contributed by atoms with Gasteiger partial charge in [0.15, 0.2) is 5.70 Å². The summed E-state index contributed by atoms with van der Waals surface area (Å²) in [5.41, 5.74) is 3.13. The molecular weight excluding hydrogens is 377 g/mol. The molecule has 21 heavy (non-hydrogen) atoms. The van der Waals surface area contributed by atoms with E-state index in [1.54, 1.807) is 6.08 Å². The van der Waals surface area contributed by atoms with E-state index in [-0.39, 0.29) is 0 Å². The normalized spacial score (nSPS) is 16.0. The maximum Gasteiger partial charge on any atom is 0.363 e. The topological polar surface area (TPSA) is 38.7 Å². The van der Waals surface area contributed by atoms with Crippen molar-refractivity contribution in [1.82, 2.24) is 0 Å². The number of nitrogens with zero attached hydrogens (tertiary/aromatic N) is 1. The molecule has 0 unspecified atom stereocenters. The van der Waals surface area contributed by atoms with Gasteiger partial charge in [0.05, 0.1) is 0 Å². The average molecular weight is 389 g/mol. The van der Waals surface area contributed by atoms with Crippen molar-refractivity contribution in [3.8, 4) is 0 Å². The number of carbonyl (C=O) groups is 1. The van der Waals surface area contributed by atoms with Gasteiger partial charge in [-0.1, -0.05) is 30.3 Å². The molecule has 0 N–H and O–H groups in total. The Bertz CT molecular complexity index is 761. The van der Waals surface area contributed by atoms with Crippen LogP contribution in [0, 0.1) is 10.5 Å². The highest BCUT2D eigenvalue weighted by Crippen LogP contribution is 2.21. The van der Waals surface area contributed by atoms with Crippen molar-refractivity contribution < 1.29 is 9.53 Å². The molecule has 0 bridgehead atoms. The second-order valence-electron chi connectivity index (χ2n) is 4.70. The molecule has 0 aliphatic carbocycles. The third kappa shape index (κ3) is 3.05. The molecule has 0 fully saturated rings. The molecule has 1 aliphatic rings. The second kappa shape index (κ2) is 5.81. The molecule has 0 radical (unpaired) electrons. The fourth-order valence-corrected chi connectivity index (χ4v) is 2.41. The van der Waals surface area contributed by atoms with E-state index in [1.165, 1.54) is 0 Å². The van der Waals surface area contributed by atoms with E-state index in [0.29, 0.717) is 11.6 Å². The minimum absolute atomic E-state index is 0.328. The van der Waals surface area contributed by atoms with Crippen molar-refractivity contribution in [3.05, 3.63) is 74.5 Å². The fourth-order valence-electron chi connectivity index (χ4n) is 2.05. The van der Waals surface area contributed by atoms with E-state index in [9.17, 15) is 4.79 Å². The van der Waals surface area contributed by atoms with Crippen LogP contribution in [-0.2, 0) is 9.53 Å². The summed E-state index contributed by atoms with van der Waals surface area (Å²) in [6.07, 6.45) is 1.74. The lowest BCUT2D eigenvalue weighted by Gasteiger charge is -2.02. The van der Waals surface area contributed by atoms with Crippen molar-refractivity contribution in [3.63, 3.8) is 0 Å². The van der Waals surface area contributed by atoms with E-state index < -0.39 is 5.97 Å². The number of cyclic esters (lactones) is 1. The first-order valence-electron chi connectivity index (χ1n) is 6.47. The van der Waals surface area contributed by atoms with Gasteiger partial charge >= 0.3 is 5.97 Å². The van der Waals surface area contributed by atoms with Crippen LogP contribution in [0.25, 0.3) is 6.08 Å². The predicted molar refractivity (Wildman–Crippen MR) is 90.9 cm³/mol. The molecule has 1 heterocycles. The molecule has 3 nitrogen and oxygen atoms in total. The van der Waals surface area contributed by atoms with Gasteiger partial charge in [0, 0.05) is 9.13 Å². The van der Waals surface area contributed by atoms with Crippen molar-refractivity contribution in [1.29, 1.82) is 0 Å². The third-order valence-corrected chi connectivity index (χ3v) is 3.89. The number of esters is 1. The Balaban J connectivity index is 1.96. The first kappa shape index (κ1) is 14.0. The zero-order chi connectivity index (χ0) is 14.8. The Morgan fingerprint density at radius 3 is 2.52 bits per heavy atom. The summed E-state index contributed by atoms with van der Waals surface area (Å²) in [6.45, 7) is 1.96. The molecule has 1 aliphatic heterocycles. The lowest BCUT2D eigenvalue weighted by Crippen LogP contribution is -2.06. The number of aryl methyl sites for hydroxylation is 1. The summed E-state index contributed by atoms with van der Waals surface area (Å²) >= 11 is 2.24. The summed E-state index contributed by atoms with van der Waals surface area (Å²) in [6, 6.07) is 15.6. The molecule has 104 valence electrons. The molecule has 3 rings (SSSR count). The molecule has 4 heteroatoms. The highest BCUT2D eigenvalue weighted by molar-refractivity contribution is 14.1. The number of benzene rings is 2. The Kier molecular flexibility index (Phi) is 3.88. The predicted octanol–water partition coefficient (Wildman–Crippen LogP) is 3.94. The second-order valence-corrected chi connectivity index (χ2v) is 5.95. The largest absolute Gasteiger partial charge is 0.402 e. The minimum atomic E-state index is -0.410. The first-order valence-corrected chi connectivity index (χ1v) is 7.55. The monoisotopic (exact) mass is 389 g/mol. The smallest absolute Gasteiger partial charge is 0.363 e. The molecular formula is C17H12INO2. The molecule has 0 spiro atoms. The number of hydrogen-bond acceptors (Lipinski definition) is 3. The van der Waals surface area contributed by atoms with E-state index in [2.05, 4.69) is 27.6 Å². The van der Waals surface area contributed by atoms with E-state index >= 15 is 0 Å². The zero-order valence-electron chi connectivity index (χ0n) is 11.3. The Labute approximate surface area is 136 Å². The SMILES string of the molecule is Cc1ccccc1C1=N/C(=C/c2ccc(I)cc2)C(=O)O1. The maximum atomic E-state index is 11.9. The van der Waals surface area contributed by atoms with E-state index in [0.717, 1.165) is 20.3 Å². The number of hydrogen-bond donors (Lipinski definition) is 0. The molecule has 0 saturated heterocycles. The summed E-state index contributed by atoms with van der Waals surface area (Å²) in [4.78, 5) is 16.3. The minimum Gasteiger partial charge on any atom is -0.402 e. The Hall–Kier alpha value is -1.95. The highest BCUT2D eigenvalue weighted by Gasteiger charge is 2.24. The van der Waals surface area contributed by atoms with Crippen LogP contribution in [0.4, 0.5) is 0 Å². The van der Waals surface area contributed by atoms with Gasteiger partial charge in [-0.05, 0) is 64.9 Å². The van der Waals surface area contributed by atoms with Crippen LogP contribution >= 0.6 is 22.6 Å². The van der Waals surface area contributed by atoms with Crippen LogP contribution in [0.2, 0.25) is 0 Å². The quantitative estimate of drug-likeness (QED) is 0.443. The first-order chi connectivity index (χ1) is 10.1. The summed E-state index contributed by atoms with van der Waals surface area (Å²) in [7, 11) is 0. The van der Waals surface area contributed by atoms with Gasteiger partial charge in [-0.15, -0.1) is 0 Å². The van der Waals surface area contributed by atoms with Gasteiger partial charge in [0.1, 0.15) is 0 Å². The summed E-state index contributed by atoms with van der Waals surface area (Å²) in [5, 5.41) is 0. The van der Waals surface area contributed by atoms with Crippen molar-refractivity contribution in [2.45, 2.75) is 6.92 Å². The standard InChI is InChI=1S/C17H12INO2/c1-11-4-2-3-5-14(11)16-19-15(17(20)21-16)10-12-6-8-13(18)9-7-12/h2-10H,1H3/b15-10+. The lowest BCUT2D eigenvalue weighted by molar-refractivity contribution is -0.129. The number of ether oxygens (including phenoxy) is 1.